The van der Waals surface area contributed by atoms with E-state index in [0.29, 0.717) is 17.6 Å². The van der Waals surface area contributed by atoms with Crippen molar-refractivity contribution in [3.8, 4) is 0 Å². The fourth-order valence-corrected chi connectivity index (χ4v) is 7.09. The summed E-state index contributed by atoms with van der Waals surface area (Å²) in [6, 6.07) is 8.25. The van der Waals surface area contributed by atoms with Crippen molar-refractivity contribution in [1.82, 2.24) is 0 Å². The molecule has 8 atom stereocenters. The van der Waals surface area contributed by atoms with Crippen LogP contribution in [-0.4, -0.2) is 88.0 Å². The van der Waals surface area contributed by atoms with E-state index in [0.717, 1.165) is 0 Å². The van der Waals surface area contributed by atoms with Crippen LogP contribution in [0.25, 0.3) is 0 Å². The summed E-state index contributed by atoms with van der Waals surface area (Å²) in [5.41, 5.74) is -3.63. The van der Waals surface area contributed by atoms with Gasteiger partial charge < -0.3 is 34.3 Å². The van der Waals surface area contributed by atoms with Crippen molar-refractivity contribution in [1.29, 1.82) is 0 Å². The largest absolute Gasteiger partial charge is 0.455 e. The number of benzene rings is 1. The highest BCUT2D eigenvalue weighted by Gasteiger charge is 2.69. The quantitative estimate of drug-likeness (QED) is 0.250. The van der Waals surface area contributed by atoms with E-state index in [1.54, 1.807) is 65.0 Å². The number of rotatable bonds is 11. The third-order valence-electron chi connectivity index (χ3n) is 9.85. The van der Waals surface area contributed by atoms with Crippen molar-refractivity contribution in [2.75, 3.05) is 13.2 Å². The Labute approximate surface area is 259 Å². The van der Waals surface area contributed by atoms with E-state index < -0.39 is 70.8 Å². The number of ether oxygens (including phenoxy) is 4. The monoisotopic (exact) mass is 614 g/mol. The number of carbonyl (C=O) groups excluding carboxylic acids is 3. The third-order valence-corrected chi connectivity index (χ3v) is 9.85. The first-order valence-corrected chi connectivity index (χ1v) is 15.4. The highest BCUT2D eigenvalue weighted by atomic mass is 16.6. The van der Waals surface area contributed by atoms with E-state index in [2.05, 4.69) is 6.58 Å². The number of aliphatic hydroxyl groups excluding tert-OH is 2. The molecule has 10 heteroatoms. The second-order valence-electron chi connectivity index (χ2n) is 12.7. The fourth-order valence-electron chi connectivity index (χ4n) is 7.09. The van der Waals surface area contributed by atoms with Crippen LogP contribution in [0.1, 0.15) is 77.1 Å². The first-order valence-electron chi connectivity index (χ1n) is 15.4. The van der Waals surface area contributed by atoms with Crippen molar-refractivity contribution >= 4 is 17.7 Å². The molecule has 1 aliphatic heterocycles. The summed E-state index contributed by atoms with van der Waals surface area (Å²) in [4.78, 5) is 41.0. The lowest BCUT2D eigenvalue weighted by atomic mass is 9.52. The molecular formula is C34H46O10. The zero-order valence-corrected chi connectivity index (χ0v) is 26.3. The summed E-state index contributed by atoms with van der Waals surface area (Å²) in [6.45, 7) is 12.2. The van der Waals surface area contributed by atoms with Crippen LogP contribution < -0.4 is 0 Å². The summed E-state index contributed by atoms with van der Waals surface area (Å²) in [5.74, 6) is -2.84. The number of hydrogen-bond donors (Lipinski definition) is 3. The highest BCUT2D eigenvalue weighted by molar-refractivity contribution is 5.90. The third kappa shape index (κ3) is 5.90. The van der Waals surface area contributed by atoms with Crippen molar-refractivity contribution in [3.05, 3.63) is 59.7 Å². The number of carbonyl (C=O) groups is 3. The van der Waals surface area contributed by atoms with Gasteiger partial charge in [0.25, 0.3) is 0 Å². The predicted molar refractivity (Wildman–Crippen MR) is 161 cm³/mol. The Bertz CT molecular complexity index is 1270. The van der Waals surface area contributed by atoms with E-state index in [-0.39, 0.29) is 44.5 Å². The average Bonchev–Trinajstić information content (AvgIpc) is 3.00. The second kappa shape index (κ2) is 13.2. The molecule has 44 heavy (non-hydrogen) atoms. The second-order valence-corrected chi connectivity index (χ2v) is 12.7. The van der Waals surface area contributed by atoms with Crippen molar-refractivity contribution in [2.24, 2.45) is 11.3 Å². The van der Waals surface area contributed by atoms with E-state index in [9.17, 15) is 29.7 Å². The molecule has 0 radical (unpaired) electrons. The Morgan fingerprint density at radius 3 is 2.45 bits per heavy atom. The minimum Gasteiger partial charge on any atom is -0.455 e. The maximum absolute atomic E-state index is 14.3. The van der Waals surface area contributed by atoms with Crippen molar-refractivity contribution < 1.29 is 48.7 Å². The molecule has 10 nitrogen and oxygen atoms in total. The van der Waals surface area contributed by atoms with Gasteiger partial charge in [0.15, 0.2) is 11.4 Å². The van der Waals surface area contributed by atoms with E-state index in [1.165, 1.54) is 6.08 Å². The molecule has 1 aromatic rings. The summed E-state index contributed by atoms with van der Waals surface area (Å²) in [7, 11) is 0. The Morgan fingerprint density at radius 2 is 1.89 bits per heavy atom. The predicted octanol–water partition coefficient (Wildman–Crippen LogP) is 3.46. The maximum atomic E-state index is 14.3. The number of ketones is 1. The Kier molecular flexibility index (Phi) is 10.2. The molecule has 1 aromatic carbocycles. The van der Waals surface area contributed by atoms with Gasteiger partial charge in [-0.2, -0.15) is 0 Å². The van der Waals surface area contributed by atoms with Gasteiger partial charge in [0.2, 0.25) is 0 Å². The number of aliphatic hydroxyl groups is 3. The minimum atomic E-state index is -1.96. The van der Waals surface area contributed by atoms with Gasteiger partial charge in [-0.25, -0.2) is 4.79 Å². The summed E-state index contributed by atoms with van der Waals surface area (Å²) >= 11 is 0. The molecule has 1 unspecified atom stereocenters. The summed E-state index contributed by atoms with van der Waals surface area (Å²) in [6.07, 6.45) is -3.95. The van der Waals surface area contributed by atoms with Gasteiger partial charge in [-0.15, -0.1) is 6.58 Å². The van der Waals surface area contributed by atoms with Crippen LogP contribution in [0.2, 0.25) is 0 Å². The first kappa shape index (κ1) is 34.0. The Balaban J connectivity index is 1.97. The van der Waals surface area contributed by atoms with E-state index >= 15 is 0 Å². The van der Waals surface area contributed by atoms with Gasteiger partial charge in [-0.3, -0.25) is 9.59 Å². The molecule has 242 valence electrons. The van der Waals surface area contributed by atoms with Crippen LogP contribution >= 0.6 is 0 Å². The average molecular weight is 615 g/mol. The lowest BCUT2D eigenvalue weighted by Crippen LogP contribution is -2.74. The zero-order valence-electron chi connectivity index (χ0n) is 26.3. The topological polar surface area (TPSA) is 149 Å². The van der Waals surface area contributed by atoms with Gasteiger partial charge in [-0.05, 0) is 36.6 Å². The number of hydrogen-bond acceptors (Lipinski definition) is 10. The van der Waals surface area contributed by atoms with Crippen LogP contribution in [0.3, 0.4) is 0 Å². The van der Waals surface area contributed by atoms with Gasteiger partial charge >= 0.3 is 11.9 Å². The molecule has 1 saturated heterocycles. The first-order chi connectivity index (χ1) is 20.8. The summed E-state index contributed by atoms with van der Waals surface area (Å²) < 4.78 is 24.3. The molecular weight excluding hydrogens is 568 g/mol. The molecule has 1 saturated carbocycles. The van der Waals surface area contributed by atoms with Crippen LogP contribution in [0.15, 0.2) is 54.1 Å². The molecule has 2 aliphatic carbocycles. The standard InChI is InChI=1S/C34H46O10/c1-7-15-41-29-24(36)17-23(33(44-27(38)9-3)19-42-26(33)16-22(35)8-2)30(43-31(39)21-13-11-10-12-14-21)34(40)18-25(37)20(4)28(29)32(34,5)6/h7,10-14,22-23,25-26,29-30,35,37,40H,1,8-9,15-19H2,2-6H3/t22-,23-,25+,26?,29+,30+,33-,34-/m1/s1. The molecule has 2 fully saturated rings. The molecule has 4 rings (SSSR count). The number of fused-ring (bicyclic) bond motifs is 2. The smallest absolute Gasteiger partial charge is 0.338 e. The highest BCUT2D eigenvalue weighted by Crippen LogP contribution is 2.57. The zero-order chi connectivity index (χ0) is 32.4. The van der Waals surface area contributed by atoms with Crippen LogP contribution in [0, 0.1) is 11.3 Å². The van der Waals surface area contributed by atoms with Crippen molar-refractivity contribution in [2.45, 2.75) is 108 Å². The van der Waals surface area contributed by atoms with Crippen molar-refractivity contribution in [3.63, 3.8) is 0 Å². The molecule has 3 aliphatic rings. The number of Topliss-reactive ketones (excluding diaryl/α,β-unsaturated/α-hetero) is 1. The molecule has 0 amide bonds. The minimum absolute atomic E-state index is 0.0194. The number of esters is 2. The summed E-state index contributed by atoms with van der Waals surface area (Å²) in [5, 5.41) is 34.8. The molecule has 0 aromatic heterocycles. The van der Waals surface area contributed by atoms with Crippen LogP contribution in [0.5, 0.6) is 0 Å². The van der Waals surface area contributed by atoms with Gasteiger partial charge in [0.05, 0.1) is 36.9 Å². The molecule has 3 N–H and O–H groups in total. The maximum Gasteiger partial charge on any atom is 0.338 e. The fraction of sp³-hybridized carbons (Fsp3) is 0.618. The normalized spacial score (nSPS) is 33.8. The molecule has 1 heterocycles. The Hall–Kier alpha value is -2.89. The van der Waals surface area contributed by atoms with E-state index in [1.807, 2.05) is 0 Å². The van der Waals surface area contributed by atoms with E-state index in [4.69, 9.17) is 18.9 Å². The molecule has 0 spiro atoms. The SMILES string of the molecule is C=CCO[C@H]1C(=O)C[C@@H]([C@]2(OC(=O)CC)COC2C[C@H](O)CC)[C@H](OC(=O)c2ccccc2)[C@]2(O)C[C@H](O)C(C)=C1C2(C)C. The van der Waals surface area contributed by atoms with Crippen LogP contribution in [0.4, 0.5) is 0 Å². The molecule has 2 bridgehead atoms. The lowest BCUT2D eigenvalue weighted by molar-refractivity contribution is -0.305. The Morgan fingerprint density at radius 1 is 1.20 bits per heavy atom. The van der Waals surface area contributed by atoms with Crippen LogP contribution in [-0.2, 0) is 28.5 Å². The van der Waals surface area contributed by atoms with Gasteiger partial charge in [-0.1, -0.05) is 52.0 Å². The van der Waals surface area contributed by atoms with Gasteiger partial charge in [0.1, 0.15) is 23.9 Å². The van der Waals surface area contributed by atoms with Gasteiger partial charge in [0, 0.05) is 31.1 Å². The lowest BCUT2D eigenvalue weighted by Gasteiger charge is -2.61.